The van der Waals surface area contributed by atoms with Gasteiger partial charge in [-0.1, -0.05) is 22.0 Å². The van der Waals surface area contributed by atoms with E-state index in [1.165, 1.54) is 0 Å². The van der Waals surface area contributed by atoms with Crippen molar-refractivity contribution in [2.24, 2.45) is 0 Å². The van der Waals surface area contributed by atoms with E-state index in [9.17, 15) is 4.79 Å². The van der Waals surface area contributed by atoms with Crippen LogP contribution < -0.4 is 5.56 Å². The Morgan fingerprint density at radius 3 is 2.85 bits per heavy atom. The fourth-order valence-electron chi connectivity index (χ4n) is 2.22. The summed E-state index contributed by atoms with van der Waals surface area (Å²) in [6.07, 6.45) is 4.37. The molecule has 0 unspecified atom stereocenters. The van der Waals surface area contributed by atoms with Crippen molar-refractivity contribution in [2.75, 3.05) is 0 Å². The van der Waals surface area contributed by atoms with E-state index in [1.54, 1.807) is 10.8 Å². The number of halogens is 1. The van der Waals surface area contributed by atoms with Crippen LogP contribution in [-0.2, 0) is 13.0 Å². The van der Waals surface area contributed by atoms with Gasteiger partial charge in [-0.2, -0.15) is 0 Å². The predicted octanol–water partition coefficient (Wildman–Crippen LogP) is 3.40. The molecule has 1 aromatic carbocycles. The molecule has 0 aliphatic rings. The highest BCUT2D eigenvalue weighted by atomic mass is 79.9. The summed E-state index contributed by atoms with van der Waals surface area (Å²) < 4.78 is 2.72. The van der Waals surface area contributed by atoms with Gasteiger partial charge in [0, 0.05) is 40.9 Å². The van der Waals surface area contributed by atoms with Gasteiger partial charge < -0.3 is 4.57 Å². The maximum Gasteiger partial charge on any atom is 0.258 e. The van der Waals surface area contributed by atoms with Crippen LogP contribution in [0.4, 0.5) is 0 Å². The Labute approximate surface area is 125 Å². The fraction of sp³-hybridized carbons (Fsp3) is 0.125. The molecule has 4 heteroatoms. The monoisotopic (exact) mass is 328 g/mol. The first-order valence-electron chi connectivity index (χ1n) is 6.43. The van der Waals surface area contributed by atoms with Gasteiger partial charge in [-0.3, -0.25) is 9.78 Å². The summed E-state index contributed by atoms with van der Waals surface area (Å²) in [6.45, 7) is 0.641. The highest BCUT2D eigenvalue weighted by molar-refractivity contribution is 9.10. The van der Waals surface area contributed by atoms with Crippen molar-refractivity contribution in [2.45, 2.75) is 13.0 Å². The minimum absolute atomic E-state index is 0.0472. The van der Waals surface area contributed by atoms with Gasteiger partial charge in [0.05, 0.1) is 0 Å². The number of hydrogen-bond acceptors (Lipinski definition) is 2. The van der Waals surface area contributed by atoms with Crippen LogP contribution in [0.25, 0.3) is 10.8 Å². The SMILES string of the molecule is O=c1c2ccc(Br)cc2ccn1CCc1ccccn1. The van der Waals surface area contributed by atoms with Crippen LogP contribution in [0.1, 0.15) is 5.69 Å². The van der Waals surface area contributed by atoms with Crippen molar-refractivity contribution in [1.82, 2.24) is 9.55 Å². The largest absolute Gasteiger partial charge is 0.315 e. The third-order valence-electron chi connectivity index (χ3n) is 3.27. The van der Waals surface area contributed by atoms with Gasteiger partial charge >= 0.3 is 0 Å². The zero-order valence-electron chi connectivity index (χ0n) is 10.8. The van der Waals surface area contributed by atoms with Gasteiger partial charge in [0.2, 0.25) is 0 Å². The van der Waals surface area contributed by atoms with Gasteiger partial charge in [-0.05, 0) is 41.8 Å². The highest BCUT2D eigenvalue weighted by Crippen LogP contribution is 2.16. The third kappa shape index (κ3) is 2.65. The molecule has 2 aromatic heterocycles. The molecule has 0 fully saturated rings. The van der Waals surface area contributed by atoms with Gasteiger partial charge in [-0.25, -0.2) is 0 Å². The molecule has 0 atom stereocenters. The molecule has 0 spiro atoms. The lowest BCUT2D eigenvalue weighted by Gasteiger charge is -2.07. The van der Waals surface area contributed by atoms with E-state index in [0.29, 0.717) is 6.54 Å². The lowest BCUT2D eigenvalue weighted by molar-refractivity contribution is 0.666. The Kier molecular flexibility index (Phi) is 3.65. The smallest absolute Gasteiger partial charge is 0.258 e. The fourth-order valence-corrected chi connectivity index (χ4v) is 2.59. The first-order valence-corrected chi connectivity index (χ1v) is 7.22. The number of fused-ring (bicyclic) bond motifs is 1. The summed E-state index contributed by atoms with van der Waals surface area (Å²) in [5, 5.41) is 1.70. The van der Waals surface area contributed by atoms with Gasteiger partial charge in [0.25, 0.3) is 5.56 Å². The van der Waals surface area contributed by atoms with Gasteiger partial charge in [-0.15, -0.1) is 0 Å². The normalized spacial score (nSPS) is 10.8. The van der Waals surface area contributed by atoms with Crippen LogP contribution >= 0.6 is 15.9 Å². The predicted molar refractivity (Wildman–Crippen MR) is 83.8 cm³/mol. The number of rotatable bonds is 3. The average molecular weight is 329 g/mol. The lowest BCUT2D eigenvalue weighted by atomic mass is 10.2. The topological polar surface area (TPSA) is 34.9 Å². The molecule has 3 rings (SSSR count). The van der Waals surface area contributed by atoms with Crippen molar-refractivity contribution in [1.29, 1.82) is 0 Å². The maximum atomic E-state index is 12.4. The second-order valence-electron chi connectivity index (χ2n) is 4.62. The quantitative estimate of drug-likeness (QED) is 0.738. The summed E-state index contributed by atoms with van der Waals surface area (Å²) in [5.41, 5.74) is 1.04. The van der Waals surface area contributed by atoms with Crippen molar-refractivity contribution in [3.8, 4) is 0 Å². The van der Waals surface area contributed by atoms with E-state index in [4.69, 9.17) is 0 Å². The van der Waals surface area contributed by atoms with Crippen LogP contribution in [0.2, 0.25) is 0 Å². The number of aromatic nitrogens is 2. The summed E-state index contributed by atoms with van der Waals surface area (Å²) >= 11 is 3.42. The zero-order chi connectivity index (χ0) is 13.9. The second-order valence-corrected chi connectivity index (χ2v) is 5.53. The molecule has 0 bridgehead atoms. The minimum atomic E-state index is 0.0472. The maximum absolute atomic E-state index is 12.4. The molecule has 0 N–H and O–H groups in total. The first-order chi connectivity index (χ1) is 9.74. The Bertz CT molecular complexity index is 796. The highest BCUT2D eigenvalue weighted by Gasteiger charge is 2.03. The molecule has 0 radical (unpaired) electrons. The molecule has 0 amide bonds. The molecule has 0 saturated heterocycles. The molecular formula is C16H13BrN2O. The molecule has 100 valence electrons. The number of pyridine rings is 2. The van der Waals surface area contributed by atoms with E-state index in [2.05, 4.69) is 20.9 Å². The number of nitrogens with zero attached hydrogens (tertiary/aromatic N) is 2. The molecule has 0 aliphatic carbocycles. The lowest BCUT2D eigenvalue weighted by Crippen LogP contribution is -2.20. The summed E-state index contributed by atoms with van der Waals surface area (Å²) in [4.78, 5) is 16.7. The molecule has 3 aromatic rings. The minimum Gasteiger partial charge on any atom is -0.315 e. The van der Waals surface area contributed by atoms with Crippen molar-refractivity contribution in [3.63, 3.8) is 0 Å². The Morgan fingerprint density at radius 2 is 2.05 bits per heavy atom. The van der Waals surface area contributed by atoms with E-state index in [0.717, 1.165) is 27.4 Å². The standard InChI is InChI=1S/C16H13BrN2O/c17-13-4-5-15-12(11-13)6-9-19(16(15)20)10-7-14-3-1-2-8-18-14/h1-6,8-9,11H,7,10H2. The van der Waals surface area contributed by atoms with Gasteiger partial charge in [0.15, 0.2) is 0 Å². The molecule has 2 heterocycles. The van der Waals surface area contributed by atoms with Crippen molar-refractivity contribution >= 4 is 26.7 Å². The Balaban J connectivity index is 1.91. The van der Waals surface area contributed by atoms with Gasteiger partial charge in [0.1, 0.15) is 0 Å². The number of benzene rings is 1. The van der Waals surface area contributed by atoms with Crippen molar-refractivity contribution < 1.29 is 0 Å². The second kappa shape index (κ2) is 5.59. The summed E-state index contributed by atoms with van der Waals surface area (Å²) in [5.74, 6) is 0. The summed E-state index contributed by atoms with van der Waals surface area (Å²) in [7, 11) is 0. The zero-order valence-corrected chi connectivity index (χ0v) is 12.4. The number of aryl methyl sites for hydroxylation is 2. The molecule has 3 nitrogen and oxygen atoms in total. The Morgan fingerprint density at radius 1 is 1.15 bits per heavy atom. The van der Waals surface area contributed by atoms with Crippen LogP contribution in [0.3, 0.4) is 0 Å². The van der Waals surface area contributed by atoms with Crippen LogP contribution in [-0.4, -0.2) is 9.55 Å². The molecule has 0 saturated carbocycles. The van der Waals surface area contributed by atoms with E-state index in [-0.39, 0.29) is 5.56 Å². The van der Waals surface area contributed by atoms with E-state index < -0.39 is 0 Å². The first kappa shape index (κ1) is 13.1. The average Bonchev–Trinajstić information content (AvgIpc) is 2.47. The van der Waals surface area contributed by atoms with E-state index in [1.807, 2.05) is 48.7 Å². The molecule has 0 aliphatic heterocycles. The molecule has 20 heavy (non-hydrogen) atoms. The third-order valence-corrected chi connectivity index (χ3v) is 3.77. The summed E-state index contributed by atoms with van der Waals surface area (Å²) in [6, 6.07) is 13.5. The van der Waals surface area contributed by atoms with Crippen LogP contribution in [0.15, 0.2) is 64.1 Å². The van der Waals surface area contributed by atoms with Crippen LogP contribution in [0.5, 0.6) is 0 Å². The Hall–Kier alpha value is -1.94. The van der Waals surface area contributed by atoms with Crippen molar-refractivity contribution in [3.05, 3.63) is 75.4 Å². The number of hydrogen-bond donors (Lipinski definition) is 0. The van der Waals surface area contributed by atoms with E-state index >= 15 is 0 Å². The van der Waals surface area contributed by atoms with Crippen LogP contribution in [0, 0.1) is 0 Å². The molecular weight excluding hydrogens is 316 g/mol.